The molecule has 1 aliphatic rings. The Morgan fingerprint density at radius 2 is 2.35 bits per heavy atom. The Labute approximate surface area is 105 Å². The van der Waals surface area contributed by atoms with Gasteiger partial charge >= 0.3 is 0 Å². The molecule has 0 amide bonds. The maximum atomic E-state index is 9.10. The largest absolute Gasteiger partial charge is 0.394 e. The second-order valence-electron chi connectivity index (χ2n) is 4.25. The molecular weight excluding hydrogens is 242 g/mol. The number of aliphatic hydroxyl groups is 1. The first-order valence-electron chi connectivity index (χ1n) is 5.62. The number of ether oxygens (including phenoxy) is 1. The molecule has 0 radical (unpaired) electrons. The Hall–Kier alpha value is -0.750. The average molecular weight is 258 g/mol. The van der Waals surface area contributed by atoms with Crippen molar-refractivity contribution in [3.05, 3.63) is 23.2 Å². The molecule has 0 saturated carbocycles. The van der Waals surface area contributed by atoms with Crippen LogP contribution in [0.3, 0.4) is 0 Å². The van der Waals surface area contributed by atoms with Crippen LogP contribution >= 0.6 is 11.6 Å². The molecule has 0 aromatic carbocycles. The lowest BCUT2D eigenvalue weighted by Gasteiger charge is -2.37. The molecule has 6 heteroatoms. The van der Waals surface area contributed by atoms with E-state index in [4.69, 9.17) is 21.4 Å². The van der Waals surface area contributed by atoms with Crippen LogP contribution in [0.4, 0.5) is 0 Å². The molecule has 0 bridgehead atoms. The van der Waals surface area contributed by atoms with E-state index in [1.807, 2.05) is 0 Å². The van der Waals surface area contributed by atoms with E-state index >= 15 is 0 Å². The monoisotopic (exact) mass is 257 g/mol. The number of aromatic nitrogens is 2. The second-order valence-corrected chi connectivity index (χ2v) is 4.63. The van der Waals surface area contributed by atoms with Crippen molar-refractivity contribution in [3.8, 4) is 0 Å². The van der Waals surface area contributed by atoms with Crippen LogP contribution in [-0.2, 0) is 11.3 Å². The van der Waals surface area contributed by atoms with Crippen molar-refractivity contribution >= 4 is 11.6 Å². The Kier molecular flexibility index (Phi) is 4.28. The summed E-state index contributed by atoms with van der Waals surface area (Å²) in [6.45, 7) is 4.19. The van der Waals surface area contributed by atoms with E-state index in [1.54, 1.807) is 12.4 Å². The molecule has 2 atom stereocenters. The molecule has 1 fully saturated rings. The predicted molar refractivity (Wildman–Crippen MR) is 63.7 cm³/mol. The minimum atomic E-state index is -0.105. The van der Waals surface area contributed by atoms with E-state index in [2.05, 4.69) is 21.8 Å². The van der Waals surface area contributed by atoms with Crippen molar-refractivity contribution in [2.24, 2.45) is 0 Å². The van der Waals surface area contributed by atoms with Gasteiger partial charge in [0.1, 0.15) is 5.15 Å². The zero-order valence-corrected chi connectivity index (χ0v) is 10.5. The number of halogens is 1. The van der Waals surface area contributed by atoms with Crippen LogP contribution in [0.1, 0.15) is 12.6 Å². The lowest BCUT2D eigenvalue weighted by Crippen LogP contribution is -2.48. The minimum absolute atomic E-state index is 0.0511. The maximum absolute atomic E-state index is 9.10. The van der Waals surface area contributed by atoms with Crippen molar-refractivity contribution in [1.82, 2.24) is 14.9 Å². The molecule has 0 spiro atoms. The highest BCUT2D eigenvalue weighted by molar-refractivity contribution is 6.29. The van der Waals surface area contributed by atoms with E-state index in [0.717, 1.165) is 5.69 Å². The normalized spacial score (nSPS) is 26.1. The van der Waals surface area contributed by atoms with Crippen LogP contribution in [0, 0.1) is 0 Å². The Balaban J connectivity index is 1.98. The van der Waals surface area contributed by atoms with Crippen molar-refractivity contribution in [2.45, 2.75) is 25.6 Å². The van der Waals surface area contributed by atoms with Gasteiger partial charge in [0.15, 0.2) is 0 Å². The van der Waals surface area contributed by atoms with Gasteiger partial charge in [0.2, 0.25) is 0 Å². The number of rotatable bonds is 3. The second kappa shape index (κ2) is 5.73. The van der Waals surface area contributed by atoms with Crippen LogP contribution in [0.25, 0.3) is 0 Å². The summed E-state index contributed by atoms with van der Waals surface area (Å²) in [5.74, 6) is 0. The molecule has 2 rings (SSSR count). The number of nitrogens with zero attached hydrogens (tertiary/aromatic N) is 3. The standard InChI is InChI=1S/C11H16ClN3O2/c1-8-7-17-10(6-16)5-15(8)4-9-2-14-11(12)3-13-9/h2-3,8,10,16H,4-7H2,1H3. The van der Waals surface area contributed by atoms with Gasteiger partial charge in [0, 0.05) is 19.1 Å². The number of aliphatic hydroxyl groups excluding tert-OH is 1. The highest BCUT2D eigenvalue weighted by Gasteiger charge is 2.25. The molecule has 5 nitrogen and oxygen atoms in total. The predicted octanol–water partition coefficient (Wildman–Crippen LogP) is 0.712. The van der Waals surface area contributed by atoms with Gasteiger partial charge in [-0.1, -0.05) is 11.6 Å². The van der Waals surface area contributed by atoms with Gasteiger partial charge in [-0.3, -0.25) is 9.88 Å². The average Bonchev–Trinajstić information content (AvgIpc) is 2.35. The molecule has 1 N–H and O–H groups in total. The fourth-order valence-electron chi connectivity index (χ4n) is 1.83. The third kappa shape index (κ3) is 3.35. The van der Waals surface area contributed by atoms with E-state index in [1.165, 1.54) is 0 Å². The molecule has 2 heterocycles. The van der Waals surface area contributed by atoms with Gasteiger partial charge in [0.25, 0.3) is 0 Å². The minimum Gasteiger partial charge on any atom is -0.394 e. The Morgan fingerprint density at radius 1 is 1.53 bits per heavy atom. The zero-order chi connectivity index (χ0) is 12.3. The van der Waals surface area contributed by atoms with Crippen LogP contribution in [-0.4, -0.2) is 51.9 Å². The summed E-state index contributed by atoms with van der Waals surface area (Å²) in [6.07, 6.45) is 3.12. The molecular formula is C11H16ClN3O2. The number of hydrogen-bond acceptors (Lipinski definition) is 5. The summed E-state index contributed by atoms with van der Waals surface area (Å²) < 4.78 is 5.48. The molecule has 1 aromatic heterocycles. The SMILES string of the molecule is CC1COC(CO)CN1Cc1cnc(Cl)cn1. The number of hydrogen-bond donors (Lipinski definition) is 1. The molecule has 2 unspecified atom stereocenters. The van der Waals surface area contributed by atoms with Crippen molar-refractivity contribution in [1.29, 1.82) is 0 Å². The van der Waals surface area contributed by atoms with Gasteiger partial charge < -0.3 is 9.84 Å². The third-order valence-corrected chi connectivity index (χ3v) is 3.07. The van der Waals surface area contributed by atoms with Crippen molar-refractivity contribution in [3.63, 3.8) is 0 Å². The van der Waals surface area contributed by atoms with E-state index in [-0.39, 0.29) is 12.7 Å². The first-order valence-corrected chi connectivity index (χ1v) is 5.99. The lowest BCUT2D eigenvalue weighted by molar-refractivity contribution is -0.0808. The van der Waals surface area contributed by atoms with E-state index in [0.29, 0.717) is 30.9 Å². The summed E-state index contributed by atoms with van der Waals surface area (Å²) in [5.41, 5.74) is 0.875. The summed E-state index contributed by atoms with van der Waals surface area (Å²) >= 11 is 5.69. The lowest BCUT2D eigenvalue weighted by atomic mass is 10.2. The van der Waals surface area contributed by atoms with E-state index in [9.17, 15) is 0 Å². The summed E-state index contributed by atoms with van der Waals surface area (Å²) in [5, 5.41) is 9.50. The number of morpholine rings is 1. The molecule has 1 saturated heterocycles. The zero-order valence-electron chi connectivity index (χ0n) is 9.71. The maximum Gasteiger partial charge on any atom is 0.147 e. The van der Waals surface area contributed by atoms with Crippen LogP contribution in [0.15, 0.2) is 12.4 Å². The van der Waals surface area contributed by atoms with Gasteiger partial charge in [0.05, 0.1) is 37.4 Å². The van der Waals surface area contributed by atoms with E-state index < -0.39 is 0 Å². The van der Waals surface area contributed by atoms with Crippen molar-refractivity contribution in [2.75, 3.05) is 19.8 Å². The Bertz CT molecular complexity index is 360. The molecule has 0 aliphatic carbocycles. The fraction of sp³-hybridized carbons (Fsp3) is 0.636. The van der Waals surface area contributed by atoms with Gasteiger partial charge in [-0.05, 0) is 6.92 Å². The van der Waals surface area contributed by atoms with Gasteiger partial charge in [-0.2, -0.15) is 0 Å². The van der Waals surface area contributed by atoms with Crippen LogP contribution < -0.4 is 0 Å². The fourth-order valence-corrected chi connectivity index (χ4v) is 1.93. The Morgan fingerprint density at radius 3 is 3.00 bits per heavy atom. The first-order chi connectivity index (χ1) is 8.19. The molecule has 94 valence electrons. The highest BCUT2D eigenvalue weighted by atomic mass is 35.5. The van der Waals surface area contributed by atoms with Crippen LogP contribution in [0.2, 0.25) is 5.15 Å². The summed E-state index contributed by atoms with van der Waals surface area (Å²) in [7, 11) is 0. The topological polar surface area (TPSA) is 58.5 Å². The summed E-state index contributed by atoms with van der Waals surface area (Å²) in [6, 6.07) is 0.315. The highest BCUT2D eigenvalue weighted by Crippen LogP contribution is 2.14. The smallest absolute Gasteiger partial charge is 0.147 e. The van der Waals surface area contributed by atoms with Gasteiger partial charge in [-0.25, -0.2) is 4.98 Å². The quantitative estimate of drug-likeness (QED) is 0.864. The molecule has 1 aliphatic heterocycles. The third-order valence-electron chi connectivity index (χ3n) is 2.88. The van der Waals surface area contributed by atoms with Gasteiger partial charge in [-0.15, -0.1) is 0 Å². The van der Waals surface area contributed by atoms with Crippen LogP contribution in [0.5, 0.6) is 0 Å². The first kappa shape index (κ1) is 12.7. The molecule has 17 heavy (non-hydrogen) atoms. The van der Waals surface area contributed by atoms with Crippen molar-refractivity contribution < 1.29 is 9.84 Å². The molecule has 1 aromatic rings. The summed E-state index contributed by atoms with van der Waals surface area (Å²) in [4.78, 5) is 10.4.